The van der Waals surface area contributed by atoms with Gasteiger partial charge in [0.2, 0.25) is 5.91 Å². The molecule has 1 aromatic heterocycles. The van der Waals surface area contributed by atoms with Gasteiger partial charge >= 0.3 is 5.97 Å². The van der Waals surface area contributed by atoms with Gasteiger partial charge in [0.25, 0.3) is 0 Å². The fourth-order valence-electron chi connectivity index (χ4n) is 6.08. The summed E-state index contributed by atoms with van der Waals surface area (Å²) in [6, 6.07) is 7.58. The Hall–Kier alpha value is -3.04. The van der Waals surface area contributed by atoms with E-state index in [9.17, 15) is 14.7 Å². The number of amides is 1. The van der Waals surface area contributed by atoms with Crippen LogP contribution in [0.5, 0.6) is 5.75 Å². The van der Waals surface area contributed by atoms with Gasteiger partial charge in [-0.25, -0.2) is 9.97 Å². The maximum Gasteiger partial charge on any atom is 0.308 e. The molecular weight excluding hydrogens is 506 g/mol. The van der Waals surface area contributed by atoms with E-state index in [4.69, 9.17) is 4.74 Å². The SMILES string of the molecule is CCCCN(CCC[N+](C)(C)C)C(=O)CN1CC(c2ccc3c(c2)CCO3)C(C(=O)O)C1CCc1ncccn1. The summed E-state index contributed by atoms with van der Waals surface area (Å²) in [5.41, 5.74) is 2.15. The van der Waals surface area contributed by atoms with Gasteiger partial charge in [-0.3, -0.25) is 14.5 Å². The Labute approximate surface area is 238 Å². The quantitative estimate of drug-likeness (QED) is 0.360. The van der Waals surface area contributed by atoms with E-state index < -0.39 is 11.9 Å². The molecule has 2 aliphatic heterocycles. The van der Waals surface area contributed by atoms with Crippen LogP contribution < -0.4 is 4.74 Å². The summed E-state index contributed by atoms with van der Waals surface area (Å²) in [5, 5.41) is 10.5. The highest BCUT2D eigenvalue weighted by Gasteiger charge is 2.47. The Balaban J connectivity index is 1.56. The molecular formula is C31H46N5O4+. The topological polar surface area (TPSA) is 95.9 Å². The van der Waals surface area contributed by atoms with Crippen molar-refractivity contribution in [3.8, 4) is 5.75 Å². The Bertz CT molecular complexity index is 1140. The van der Waals surface area contributed by atoms with Gasteiger partial charge in [0, 0.05) is 63.3 Å². The molecule has 0 spiro atoms. The molecule has 1 amide bonds. The van der Waals surface area contributed by atoms with Crippen molar-refractivity contribution < 1.29 is 23.9 Å². The number of fused-ring (bicyclic) bond motifs is 1. The summed E-state index contributed by atoms with van der Waals surface area (Å²) in [6.07, 6.45) is 8.32. The lowest BCUT2D eigenvalue weighted by molar-refractivity contribution is -0.870. The molecule has 218 valence electrons. The van der Waals surface area contributed by atoms with Gasteiger partial charge < -0.3 is 19.2 Å². The molecule has 2 aromatic rings. The molecule has 3 atom stereocenters. The number of aliphatic carboxylic acids is 1. The van der Waals surface area contributed by atoms with Crippen LogP contribution in [0, 0.1) is 5.92 Å². The lowest BCUT2D eigenvalue weighted by Gasteiger charge is -2.30. The lowest BCUT2D eigenvalue weighted by Crippen LogP contribution is -2.45. The van der Waals surface area contributed by atoms with Crippen molar-refractivity contribution in [2.45, 2.75) is 57.4 Å². The molecule has 4 rings (SSSR count). The molecule has 0 saturated carbocycles. The van der Waals surface area contributed by atoms with Crippen LogP contribution in [0.15, 0.2) is 36.7 Å². The van der Waals surface area contributed by atoms with E-state index in [2.05, 4.69) is 49.0 Å². The third kappa shape index (κ3) is 7.79. The van der Waals surface area contributed by atoms with Crippen LogP contribution in [0.1, 0.15) is 55.5 Å². The maximum absolute atomic E-state index is 13.7. The monoisotopic (exact) mass is 552 g/mol. The van der Waals surface area contributed by atoms with Crippen LogP contribution in [0.3, 0.4) is 0 Å². The predicted octanol–water partition coefficient (Wildman–Crippen LogP) is 3.24. The number of rotatable bonds is 14. The van der Waals surface area contributed by atoms with Gasteiger partial charge in [-0.1, -0.05) is 25.5 Å². The van der Waals surface area contributed by atoms with E-state index in [0.29, 0.717) is 31.8 Å². The molecule has 9 nitrogen and oxygen atoms in total. The molecule has 3 unspecified atom stereocenters. The second kappa shape index (κ2) is 13.5. The number of carbonyl (C=O) groups excluding carboxylic acids is 1. The van der Waals surface area contributed by atoms with Gasteiger partial charge in [0.05, 0.1) is 46.8 Å². The number of hydrogen-bond donors (Lipinski definition) is 1. The minimum Gasteiger partial charge on any atom is -0.493 e. The van der Waals surface area contributed by atoms with Crippen molar-refractivity contribution in [3.05, 3.63) is 53.6 Å². The zero-order valence-corrected chi connectivity index (χ0v) is 24.6. The number of quaternary nitrogens is 1. The third-order valence-corrected chi connectivity index (χ3v) is 8.19. The average molecular weight is 553 g/mol. The van der Waals surface area contributed by atoms with Crippen molar-refractivity contribution in [1.82, 2.24) is 19.8 Å². The van der Waals surface area contributed by atoms with Crippen LogP contribution in [0.2, 0.25) is 0 Å². The fraction of sp³-hybridized carbons (Fsp3) is 0.613. The first-order valence-corrected chi connectivity index (χ1v) is 14.7. The Morgan fingerprint density at radius 2 is 1.90 bits per heavy atom. The van der Waals surface area contributed by atoms with Crippen LogP contribution in [-0.4, -0.2) is 108 Å². The predicted molar refractivity (Wildman–Crippen MR) is 154 cm³/mol. The van der Waals surface area contributed by atoms with E-state index in [0.717, 1.165) is 66.7 Å². The summed E-state index contributed by atoms with van der Waals surface area (Å²) in [5.74, 6) is 0.0172. The number of ether oxygens (including phenoxy) is 1. The standard InChI is InChI=1S/C31H45N5O4/c1-5-6-16-34(17-8-18-36(2,3)4)29(37)22-35-21-25(23-9-11-27-24(20-23)13-19-40-27)30(31(38)39)26(35)10-12-28-32-14-7-15-33-28/h7,9,11,14-15,20,25-26,30H,5-6,8,10,12-13,16-19,21-22H2,1-4H3/p+1. The van der Waals surface area contributed by atoms with Crippen molar-refractivity contribution >= 4 is 11.9 Å². The maximum atomic E-state index is 13.7. The smallest absolute Gasteiger partial charge is 0.308 e. The molecule has 9 heteroatoms. The van der Waals surface area contributed by atoms with Crippen LogP contribution in [0.4, 0.5) is 0 Å². The Kier molecular flexibility index (Phi) is 10.1. The summed E-state index contributed by atoms with van der Waals surface area (Å²) < 4.78 is 6.55. The van der Waals surface area contributed by atoms with Gasteiger partial charge in [-0.2, -0.15) is 0 Å². The molecule has 0 bridgehead atoms. The minimum atomic E-state index is -0.818. The van der Waals surface area contributed by atoms with E-state index in [1.165, 1.54) is 0 Å². The highest BCUT2D eigenvalue weighted by Crippen LogP contribution is 2.41. The molecule has 0 aliphatic carbocycles. The highest BCUT2D eigenvalue weighted by molar-refractivity contribution is 5.79. The molecule has 40 heavy (non-hydrogen) atoms. The van der Waals surface area contributed by atoms with Gasteiger partial charge in [-0.05, 0) is 36.1 Å². The number of unbranched alkanes of at least 4 members (excludes halogenated alkanes) is 1. The van der Waals surface area contributed by atoms with Crippen LogP contribution >= 0.6 is 0 Å². The third-order valence-electron chi connectivity index (χ3n) is 8.19. The number of benzene rings is 1. The van der Waals surface area contributed by atoms with Crippen molar-refractivity contribution in [2.75, 3.05) is 60.5 Å². The number of nitrogens with zero attached hydrogens (tertiary/aromatic N) is 5. The van der Waals surface area contributed by atoms with E-state index in [1.54, 1.807) is 18.5 Å². The summed E-state index contributed by atoms with van der Waals surface area (Å²) in [7, 11) is 6.50. The molecule has 0 radical (unpaired) electrons. The second-order valence-electron chi connectivity index (χ2n) is 12.2. The molecule has 1 fully saturated rings. The molecule has 3 heterocycles. The number of aromatic nitrogens is 2. The number of likely N-dealkylation sites (tertiary alicyclic amines) is 1. The zero-order chi connectivity index (χ0) is 28.7. The summed E-state index contributed by atoms with van der Waals surface area (Å²) in [4.78, 5) is 39.4. The van der Waals surface area contributed by atoms with E-state index in [1.807, 2.05) is 17.0 Å². The average Bonchev–Trinajstić information content (AvgIpc) is 3.53. The molecule has 2 aliphatic rings. The van der Waals surface area contributed by atoms with Crippen molar-refractivity contribution in [2.24, 2.45) is 5.92 Å². The first-order valence-electron chi connectivity index (χ1n) is 14.7. The summed E-state index contributed by atoms with van der Waals surface area (Å²) in [6.45, 7) is 6.01. The highest BCUT2D eigenvalue weighted by atomic mass is 16.5. The fourth-order valence-corrected chi connectivity index (χ4v) is 6.08. The number of hydrogen-bond acceptors (Lipinski definition) is 6. The molecule has 1 saturated heterocycles. The van der Waals surface area contributed by atoms with E-state index in [-0.39, 0.29) is 24.4 Å². The Morgan fingerprint density at radius 1 is 1.15 bits per heavy atom. The van der Waals surface area contributed by atoms with Crippen LogP contribution in [-0.2, 0) is 22.4 Å². The van der Waals surface area contributed by atoms with Gasteiger partial charge in [0.15, 0.2) is 0 Å². The minimum absolute atomic E-state index is 0.0861. The van der Waals surface area contributed by atoms with Crippen LogP contribution in [0.25, 0.3) is 0 Å². The molecule has 1 N–H and O–H groups in total. The van der Waals surface area contributed by atoms with E-state index >= 15 is 0 Å². The second-order valence-corrected chi connectivity index (χ2v) is 12.2. The van der Waals surface area contributed by atoms with Gasteiger partial charge in [-0.15, -0.1) is 0 Å². The largest absolute Gasteiger partial charge is 0.493 e. The number of carboxylic acids is 1. The zero-order valence-electron chi connectivity index (χ0n) is 24.6. The van der Waals surface area contributed by atoms with Crippen molar-refractivity contribution in [1.29, 1.82) is 0 Å². The lowest BCUT2D eigenvalue weighted by atomic mass is 9.83. The Morgan fingerprint density at radius 3 is 2.60 bits per heavy atom. The number of carbonyl (C=O) groups is 2. The molecule has 1 aromatic carbocycles. The first kappa shape index (κ1) is 29.9. The first-order chi connectivity index (χ1) is 19.2. The normalized spacial score (nSPS) is 20.8. The summed E-state index contributed by atoms with van der Waals surface area (Å²) >= 11 is 0. The van der Waals surface area contributed by atoms with Gasteiger partial charge in [0.1, 0.15) is 11.6 Å². The number of carboxylic acid groups (broad SMARTS) is 1. The van der Waals surface area contributed by atoms with Crippen molar-refractivity contribution in [3.63, 3.8) is 0 Å². The number of aryl methyl sites for hydroxylation is 1.